The first kappa shape index (κ1) is 16.8. The second kappa shape index (κ2) is 8.20. The van der Waals surface area contributed by atoms with Gasteiger partial charge in [-0.25, -0.2) is 14.8 Å². The quantitative estimate of drug-likeness (QED) is 0.482. The first-order valence-electron chi connectivity index (χ1n) is 8.45. The number of esters is 1. The fourth-order valence-corrected chi connectivity index (χ4v) is 2.41. The summed E-state index contributed by atoms with van der Waals surface area (Å²) in [6.07, 6.45) is 1.81. The third-order valence-electron chi connectivity index (χ3n) is 3.77. The van der Waals surface area contributed by atoms with Crippen molar-refractivity contribution < 1.29 is 9.53 Å². The second-order valence-electron chi connectivity index (χ2n) is 5.68. The van der Waals surface area contributed by atoms with Crippen LogP contribution >= 0.6 is 0 Å². The lowest BCUT2D eigenvalue weighted by molar-refractivity contribution is 0.0493. The summed E-state index contributed by atoms with van der Waals surface area (Å²) in [7, 11) is 0. The Hall–Kier alpha value is -3.01. The number of benzene rings is 2. The number of ether oxygens (including phenoxy) is 1. The minimum Gasteiger partial charge on any atom is -0.461 e. The van der Waals surface area contributed by atoms with Crippen molar-refractivity contribution in [1.82, 2.24) is 9.97 Å². The molecule has 0 radical (unpaired) electrons. The summed E-state index contributed by atoms with van der Waals surface area (Å²) < 4.78 is 5.32. The molecule has 3 rings (SSSR count). The molecule has 0 bridgehead atoms. The molecule has 0 amide bonds. The molecule has 25 heavy (non-hydrogen) atoms. The Morgan fingerprint density at radius 2 is 1.56 bits per heavy atom. The first-order valence-corrected chi connectivity index (χ1v) is 8.45. The third kappa shape index (κ3) is 4.29. The fourth-order valence-electron chi connectivity index (χ4n) is 2.41. The van der Waals surface area contributed by atoms with Crippen LogP contribution in [0.1, 0.15) is 30.3 Å². The van der Waals surface area contributed by atoms with Crippen molar-refractivity contribution in [2.24, 2.45) is 0 Å². The highest BCUT2D eigenvalue weighted by molar-refractivity contribution is 5.89. The van der Waals surface area contributed by atoms with Gasteiger partial charge in [0.2, 0.25) is 0 Å². The number of carbonyl (C=O) groups is 1. The maximum Gasteiger partial charge on any atom is 0.357 e. The lowest BCUT2D eigenvalue weighted by atomic mass is 10.1. The highest BCUT2D eigenvalue weighted by Crippen LogP contribution is 2.22. The van der Waals surface area contributed by atoms with Crippen molar-refractivity contribution in [3.05, 3.63) is 72.4 Å². The van der Waals surface area contributed by atoms with Crippen LogP contribution in [0, 0.1) is 0 Å². The number of unbranched alkanes of at least 4 members (excludes halogenated alkanes) is 1. The van der Waals surface area contributed by atoms with E-state index in [0.717, 1.165) is 24.0 Å². The predicted octanol–water partition coefficient (Wildman–Crippen LogP) is 4.77. The second-order valence-corrected chi connectivity index (χ2v) is 5.68. The van der Waals surface area contributed by atoms with E-state index in [1.165, 1.54) is 0 Å². The lowest BCUT2D eigenvalue weighted by Gasteiger charge is -2.09. The Balaban J connectivity index is 2.01. The Bertz CT molecular complexity index is 775. The molecule has 126 valence electrons. The van der Waals surface area contributed by atoms with E-state index in [4.69, 9.17) is 4.74 Å². The van der Waals surface area contributed by atoms with Gasteiger partial charge in [0.05, 0.1) is 12.3 Å². The molecule has 0 saturated heterocycles. The monoisotopic (exact) mass is 332 g/mol. The Kier molecular flexibility index (Phi) is 5.52. The van der Waals surface area contributed by atoms with Crippen LogP contribution in [0.3, 0.4) is 0 Å². The van der Waals surface area contributed by atoms with E-state index >= 15 is 0 Å². The van der Waals surface area contributed by atoms with Crippen LogP contribution in [0.4, 0.5) is 0 Å². The average molecular weight is 332 g/mol. The standard InChI is InChI=1S/C21H20N2O2/c1-2-3-14-25-21(24)19-15-18(16-10-6-4-7-11-16)22-20(23-19)17-12-8-5-9-13-17/h4-13,15H,2-3,14H2,1H3. The molecule has 0 aliphatic heterocycles. The molecule has 0 atom stereocenters. The van der Waals surface area contributed by atoms with Crippen LogP contribution in [0.5, 0.6) is 0 Å². The van der Waals surface area contributed by atoms with E-state index in [2.05, 4.69) is 16.9 Å². The zero-order chi connectivity index (χ0) is 17.5. The molecule has 0 spiro atoms. The normalized spacial score (nSPS) is 10.4. The van der Waals surface area contributed by atoms with Crippen molar-refractivity contribution in [2.45, 2.75) is 19.8 Å². The number of nitrogens with zero attached hydrogens (tertiary/aromatic N) is 2. The summed E-state index contributed by atoms with van der Waals surface area (Å²) in [6, 6.07) is 21.1. The molecule has 0 aliphatic carbocycles. The lowest BCUT2D eigenvalue weighted by Crippen LogP contribution is -2.10. The van der Waals surface area contributed by atoms with Gasteiger partial charge < -0.3 is 4.74 Å². The van der Waals surface area contributed by atoms with Gasteiger partial charge in [-0.1, -0.05) is 74.0 Å². The topological polar surface area (TPSA) is 52.1 Å². The van der Waals surface area contributed by atoms with E-state index in [-0.39, 0.29) is 5.69 Å². The molecule has 0 saturated carbocycles. The molecule has 2 aromatic carbocycles. The van der Waals surface area contributed by atoms with E-state index < -0.39 is 5.97 Å². The molecule has 0 unspecified atom stereocenters. The van der Waals surface area contributed by atoms with Gasteiger partial charge in [-0.05, 0) is 12.5 Å². The Labute approximate surface area is 147 Å². The van der Waals surface area contributed by atoms with Gasteiger partial charge in [-0.3, -0.25) is 0 Å². The maximum atomic E-state index is 12.4. The summed E-state index contributed by atoms with van der Waals surface area (Å²) in [5.41, 5.74) is 2.79. The summed E-state index contributed by atoms with van der Waals surface area (Å²) in [4.78, 5) is 21.4. The van der Waals surface area contributed by atoms with Crippen LogP contribution in [-0.2, 0) is 4.74 Å². The van der Waals surface area contributed by atoms with Crippen LogP contribution in [0.15, 0.2) is 66.7 Å². The molecule has 0 aliphatic rings. The molecular weight excluding hydrogens is 312 g/mol. The zero-order valence-electron chi connectivity index (χ0n) is 14.2. The predicted molar refractivity (Wildman–Crippen MR) is 98.1 cm³/mol. The SMILES string of the molecule is CCCCOC(=O)c1cc(-c2ccccc2)nc(-c2ccccc2)n1. The van der Waals surface area contributed by atoms with Crippen LogP contribution in [0.2, 0.25) is 0 Å². The van der Waals surface area contributed by atoms with E-state index in [0.29, 0.717) is 18.1 Å². The summed E-state index contributed by atoms with van der Waals surface area (Å²) in [6.45, 7) is 2.46. The van der Waals surface area contributed by atoms with Gasteiger partial charge in [0.25, 0.3) is 0 Å². The molecule has 0 N–H and O–H groups in total. The first-order chi connectivity index (χ1) is 12.3. The van der Waals surface area contributed by atoms with Crippen molar-refractivity contribution in [1.29, 1.82) is 0 Å². The molecule has 1 heterocycles. The molecule has 4 heteroatoms. The molecule has 1 aromatic heterocycles. The zero-order valence-corrected chi connectivity index (χ0v) is 14.2. The Morgan fingerprint density at radius 3 is 2.20 bits per heavy atom. The van der Waals surface area contributed by atoms with E-state index in [9.17, 15) is 4.79 Å². The molecule has 3 aromatic rings. The smallest absolute Gasteiger partial charge is 0.357 e. The van der Waals surface area contributed by atoms with Gasteiger partial charge in [-0.2, -0.15) is 0 Å². The van der Waals surface area contributed by atoms with Gasteiger partial charge in [0.1, 0.15) is 0 Å². The van der Waals surface area contributed by atoms with Crippen LogP contribution in [0.25, 0.3) is 22.6 Å². The van der Waals surface area contributed by atoms with Gasteiger partial charge in [0, 0.05) is 11.1 Å². The number of aromatic nitrogens is 2. The largest absolute Gasteiger partial charge is 0.461 e. The fraction of sp³-hybridized carbons (Fsp3) is 0.190. The van der Waals surface area contributed by atoms with Crippen molar-refractivity contribution >= 4 is 5.97 Å². The summed E-state index contributed by atoms with van der Waals surface area (Å²) in [5, 5.41) is 0. The number of hydrogen-bond donors (Lipinski definition) is 0. The van der Waals surface area contributed by atoms with Crippen molar-refractivity contribution in [2.75, 3.05) is 6.61 Å². The highest BCUT2D eigenvalue weighted by atomic mass is 16.5. The number of hydrogen-bond acceptors (Lipinski definition) is 4. The molecule has 0 fully saturated rings. The highest BCUT2D eigenvalue weighted by Gasteiger charge is 2.15. The van der Waals surface area contributed by atoms with Crippen molar-refractivity contribution in [3.8, 4) is 22.6 Å². The van der Waals surface area contributed by atoms with Crippen molar-refractivity contribution in [3.63, 3.8) is 0 Å². The van der Waals surface area contributed by atoms with Crippen LogP contribution < -0.4 is 0 Å². The van der Waals surface area contributed by atoms with E-state index in [1.807, 2.05) is 60.7 Å². The van der Waals surface area contributed by atoms with E-state index in [1.54, 1.807) is 6.07 Å². The third-order valence-corrected chi connectivity index (χ3v) is 3.77. The molecule has 4 nitrogen and oxygen atoms in total. The minimum absolute atomic E-state index is 0.281. The Morgan fingerprint density at radius 1 is 0.920 bits per heavy atom. The van der Waals surface area contributed by atoms with Gasteiger partial charge in [0.15, 0.2) is 11.5 Å². The number of rotatable bonds is 6. The van der Waals surface area contributed by atoms with Crippen LogP contribution in [-0.4, -0.2) is 22.5 Å². The summed E-state index contributed by atoms with van der Waals surface area (Å²) in [5.74, 6) is 0.106. The maximum absolute atomic E-state index is 12.4. The number of carbonyl (C=O) groups excluding carboxylic acids is 1. The summed E-state index contributed by atoms with van der Waals surface area (Å²) >= 11 is 0. The van der Waals surface area contributed by atoms with Gasteiger partial charge >= 0.3 is 5.97 Å². The molecular formula is C21H20N2O2. The minimum atomic E-state index is -0.412. The van der Waals surface area contributed by atoms with Gasteiger partial charge in [-0.15, -0.1) is 0 Å². The average Bonchev–Trinajstić information content (AvgIpc) is 2.69.